The van der Waals surface area contributed by atoms with Crippen LogP contribution in [0.5, 0.6) is 17.2 Å². The quantitative estimate of drug-likeness (QED) is 0.504. The third-order valence-electron chi connectivity index (χ3n) is 4.46. The van der Waals surface area contributed by atoms with Crippen molar-refractivity contribution in [3.05, 3.63) is 64.9 Å². The van der Waals surface area contributed by atoms with E-state index in [1.165, 1.54) is 11.8 Å². The molecule has 0 aliphatic carbocycles. The van der Waals surface area contributed by atoms with Gasteiger partial charge in [-0.1, -0.05) is 6.07 Å². The summed E-state index contributed by atoms with van der Waals surface area (Å²) < 4.78 is 16.4. The van der Waals surface area contributed by atoms with Crippen LogP contribution in [0.15, 0.2) is 64.9 Å². The maximum Gasteiger partial charge on any atom is 0.237 e. The summed E-state index contributed by atoms with van der Waals surface area (Å²) in [7, 11) is 1.63. The molecule has 5 nitrogen and oxygen atoms in total. The van der Waals surface area contributed by atoms with Crippen molar-refractivity contribution in [3.8, 4) is 17.2 Å². The zero-order valence-electron chi connectivity index (χ0n) is 16.0. The molecular formula is C22H21NO4S2. The molecule has 0 atom stereocenters. The summed E-state index contributed by atoms with van der Waals surface area (Å²) in [6.07, 6.45) is 0. The van der Waals surface area contributed by atoms with Gasteiger partial charge in [-0.2, -0.15) is 0 Å². The first-order valence-corrected chi connectivity index (χ1v) is 11.1. The lowest BCUT2D eigenvalue weighted by Gasteiger charge is -2.23. The summed E-state index contributed by atoms with van der Waals surface area (Å²) in [5.41, 5.74) is 0.854. The van der Waals surface area contributed by atoms with Gasteiger partial charge in [0, 0.05) is 15.5 Å². The van der Waals surface area contributed by atoms with Gasteiger partial charge >= 0.3 is 0 Å². The van der Waals surface area contributed by atoms with Gasteiger partial charge in [0.2, 0.25) is 5.91 Å². The second kappa shape index (κ2) is 9.24. The van der Waals surface area contributed by atoms with Crippen LogP contribution in [-0.2, 0) is 11.3 Å². The molecule has 0 spiro atoms. The van der Waals surface area contributed by atoms with E-state index in [1.54, 1.807) is 18.4 Å². The molecule has 0 bridgehead atoms. The molecule has 4 rings (SSSR count). The number of fused-ring (bicyclic) bond motifs is 1. The lowest BCUT2D eigenvalue weighted by Crippen LogP contribution is -2.31. The van der Waals surface area contributed by atoms with Crippen LogP contribution < -0.4 is 19.1 Å². The molecule has 0 unspecified atom stereocenters. The monoisotopic (exact) mass is 427 g/mol. The molecule has 1 aromatic heterocycles. The zero-order valence-corrected chi connectivity index (χ0v) is 17.6. The Balaban J connectivity index is 1.48. The molecule has 1 aliphatic rings. The Morgan fingerprint density at radius 2 is 1.90 bits per heavy atom. The van der Waals surface area contributed by atoms with E-state index in [1.807, 2.05) is 64.9 Å². The van der Waals surface area contributed by atoms with E-state index >= 15 is 0 Å². The van der Waals surface area contributed by atoms with Crippen LogP contribution >= 0.6 is 23.1 Å². The highest BCUT2D eigenvalue weighted by atomic mass is 32.2. The van der Waals surface area contributed by atoms with E-state index in [4.69, 9.17) is 14.2 Å². The number of hydrogen-bond acceptors (Lipinski definition) is 6. The van der Waals surface area contributed by atoms with Crippen molar-refractivity contribution in [2.45, 2.75) is 11.4 Å². The van der Waals surface area contributed by atoms with Crippen LogP contribution in [-0.4, -0.2) is 32.0 Å². The van der Waals surface area contributed by atoms with Crippen molar-refractivity contribution in [2.75, 3.05) is 31.0 Å². The molecule has 0 radical (unpaired) electrons. The highest BCUT2D eigenvalue weighted by Crippen LogP contribution is 2.34. The average molecular weight is 428 g/mol. The van der Waals surface area contributed by atoms with Gasteiger partial charge in [-0.25, -0.2) is 0 Å². The van der Waals surface area contributed by atoms with Crippen LogP contribution in [0.3, 0.4) is 0 Å². The molecule has 3 aromatic rings. The molecule has 0 saturated heterocycles. The van der Waals surface area contributed by atoms with E-state index < -0.39 is 0 Å². The number of ether oxygens (including phenoxy) is 3. The van der Waals surface area contributed by atoms with E-state index in [0.29, 0.717) is 25.5 Å². The highest BCUT2D eigenvalue weighted by molar-refractivity contribution is 8.00. The predicted molar refractivity (Wildman–Crippen MR) is 117 cm³/mol. The van der Waals surface area contributed by atoms with Gasteiger partial charge < -0.3 is 19.1 Å². The summed E-state index contributed by atoms with van der Waals surface area (Å²) in [5.74, 6) is 2.63. The third kappa shape index (κ3) is 4.86. The third-order valence-corrected chi connectivity index (χ3v) is 6.29. The topological polar surface area (TPSA) is 48.0 Å². The molecule has 150 valence electrons. The number of carbonyl (C=O) groups excluding carboxylic acids is 1. The molecule has 2 heterocycles. The minimum atomic E-state index is 0.0449. The Kier molecular flexibility index (Phi) is 6.27. The molecule has 0 saturated carbocycles. The molecule has 2 aromatic carbocycles. The van der Waals surface area contributed by atoms with Crippen molar-refractivity contribution in [2.24, 2.45) is 0 Å². The number of amides is 1. The lowest BCUT2D eigenvalue weighted by atomic mass is 10.2. The zero-order chi connectivity index (χ0) is 20.1. The predicted octanol–water partition coefficient (Wildman–Crippen LogP) is 4.85. The fraction of sp³-hybridized carbons (Fsp3) is 0.227. The van der Waals surface area contributed by atoms with E-state index in [2.05, 4.69) is 0 Å². The summed E-state index contributed by atoms with van der Waals surface area (Å²) in [6.45, 7) is 1.66. The largest absolute Gasteiger partial charge is 0.497 e. The van der Waals surface area contributed by atoms with Gasteiger partial charge in [0.1, 0.15) is 19.0 Å². The molecule has 1 aliphatic heterocycles. The number of hydrogen-bond donors (Lipinski definition) is 0. The summed E-state index contributed by atoms with van der Waals surface area (Å²) >= 11 is 3.14. The highest BCUT2D eigenvalue weighted by Gasteiger charge is 2.18. The Hall–Kier alpha value is -2.64. The van der Waals surface area contributed by atoms with Crippen LogP contribution in [0.4, 0.5) is 5.69 Å². The SMILES string of the molecule is COc1ccc(N(Cc2cccs2)C(=O)CSc2ccc3c(c2)OCCO3)cc1. The van der Waals surface area contributed by atoms with E-state index in [-0.39, 0.29) is 5.91 Å². The first-order chi connectivity index (χ1) is 14.2. The molecule has 0 N–H and O–H groups in total. The van der Waals surface area contributed by atoms with Gasteiger partial charge in [-0.15, -0.1) is 23.1 Å². The van der Waals surface area contributed by atoms with Crippen molar-refractivity contribution in [3.63, 3.8) is 0 Å². The maximum atomic E-state index is 13.1. The summed E-state index contributed by atoms with van der Waals surface area (Å²) in [6, 6.07) is 17.4. The van der Waals surface area contributed by atoms with Gasteiger partial charge in [0.05, 0.1) is 19.4 Å². The van der Waals surface area contributed by atoms with Crippen molar-refractivity contribution in [1.29, 1.82) is 0 Å². The van der Waals surface area contributed by atoms with Gasteiger partial charge in [-0.3, -0.25) is 4.79 Å². The minimum Gasteiger partial charge on any atom is -0.497 e. The summed E-state index contributed by atoms with van der Waals surface area (Å²) in [5, 5.41) is 2.02. The normalized spacial score (nSPS) is 12.4. The van der Waals surface area contributed by atoms with Gasteiger partial charge in [0.25, 0.3) is 0 Å². The van der Waals surface area contributed by atoms with Crippen molar-refractivity contribution >= 4 is 34.7 Å². The van der Waals surface area contributed by atoms with Crippen molar-refractivity contribution < 1.29 is 19.0 Å². The number of thioether (sulfide) groups is 1. The second-order valence-corrected chi connectivity index (χ2v) is 8.43. The second-order valence-electron chi connectivity index (χ2n) is 6.35. The molecule has 7 heteroatoms. The Labute approximate surface area is 178 Å². The first-order valence-electron chi connectivity index (χ1n) is 9.22. The standard InChI is InChI=1S/C22H21NO4S2/c1-25-17-6-4-16(5-7-17)23(14-19-3-2-12-28-19)22(24)15-29-18-8-9-20-21(13-18)27-11-10-26-20/h2-9,12-13H,10-11,14-15H2,1H3. The van der Waals surface area contributed by atoms with Gasteiger partial charge in [0.15, 0.2) is 11.5 Å². The van der Waals surface area contributed by atoms with Crippen LogP contribution in [0.25, 0.3) is 0 Å². The number of anilines is 1. The Morgan fingerprint density at radius 3 is 2.62 bits per heavy atom. The average Bonchev–Trinajstić information content (AvgIpc) is 3.29. The minimum absolute atomic E-state index is 0.0449. The number of benzene rings is 2. The van der Waals surface area contributed by atoms with Gasteiger partial charge in [-0.05, 0) is 53.9 Å². The Morgan fingerprint density at radius 1 is 1.10 bits per heavy atom. The lowest BCUT2D eigenvalue weighted by molar-refractivity contribution is -0.116. The molecular weight excluding hydrogens is 406 g/mol. The smallest absolute Gasteiger partial charge is 0.237 e. The number of thiophene rings is 1. The van der Waals surface area contributed by atoms with Crippen LogP contribution in [0.1, 0.15) is 4.88 Å². The molecule has 1 amide bonds. The van der Waals surface area contributed by atoms with E-state index in [9.17, 15) is 4.79 Å². The number of rotatable bonds is 7. The Bertz CT molecular complexity index is 957. The maximum absolute atomic E-state index is 13.1. The van der Waals surface area contributed by atoms with E-state index in [0.717, 1.165) is 32.7 Å². The van der Waals surface area contributed by atoms with Crippen LogP contribution in [0.2, 0.25) is 0 Å². The fourth-order valence-electron chi connectivity index (χ4n) is 2.98. The number of nitrogens with zero attached hydrogens (tertiary/aromatic N) is 1. The molecule has 29 heavy (non-hydrogen) atoms. The summed E-state index contributed by atoms with van der Waals surface area (Å²) in [4.78, 5) is 17.0. The fourth-order valence-corrected chi connectivity index (χ4v) is 4.47. The van der Waals surface area contributed by atoms with Crippen LogP contribution in [0, 0.1) is 0 Å². The number of carbonyl (C=O) groups is 1. The molecule has 0 fully saturated rings. The number of methoxy groups -OCH3 is 1. The van der Waals surface area contributed by atoms with Crippen molar-refractivity contribution in [1.82, 2.24) is 0 Å². The first kappa shape index (κ1) is 19.7.